The summed E-state index contributed by atoms with van der Waals surface area (Å²) < 4.78 is 0. The Bertz CT molecular complexity index is 186. The fourth-order valence-corrected chi connectivity index (χ4v) is 2.68. The Balaban J connectivity index is 2.92. The van der Waals surface area contributed by atoms with E-state index >= 15 is 0 Å². The van der Waals surface area contributed by atoms with Gasteiger partial charge in [0, 0.05) is 0 Å². The Morgan fingerprint density at radius 3 is 1.30 bits per heavy atom. The zero-order valence-corrected chi connectivity index (χ0v) is 13.8. The highest BCUT2D eigenvalue weighted by Gasteiger charge is 1.93. The summed E-state index contributed by atoms with van der Waals surface area (Å²) >= 11 is 0. The van der Waals surface area contributed by atoms with Crippen molar-refractivity contribution in [3.8, 4) is 0 Å². The first-order valence-electron chi connectivity index (χ1n) is 9.13. The van der Waals surface area contributed by atoms with Crippen molar-refractivity contribution in [1.82, 2.24) is 0 Å². The first-order valence-corrected chi connectivity index (χ1v) is 9.13. The monoisotopic (exact) mass is 281 g/mol. The molecule has 0 saturated heterocycles. The minimum atomic E-state index is 0.981. The van der Waals surface area contributed by atoms with Crippen molar-refractivity contribution in [2.75, 3.05) is 0 Å². The van der Waals surface area contributed by atoms with E-state index in [4.69, 9.17) is 5.11 Å². The second-order valence-corrected chi connectivity index (χ2v) is 6.07. The van der Waals surface area contributed by atoms with Crippen molar-refractivity contribution in [3.63, 3.8) is 0 Å². The standard InChI is InChI=1S/C19H37O/c1-2-3-4-5-6-7-8-9-10-11-12-13-14-15-16-17-18-19-20/h18,20H,2-17H2,1H3. The van der Waals surface area contributed by atoms with Crippen LogP contribution in [0.25, 0.3) is 0 Å². The van der Waals surface area contributed by atoms with Crippen molar-refractivity contribution < 1.29 is 5.11 Å². The quantitative estimate of drug-likeness (QED) is 0.236. The topological polar surface area (TPSA) is 20.2 Å². The molecule has 20 heavy (non-hydrogen) atoms. The molecule has 0 aliphatic rings. The molecule has 119 valence electrons. The van der Waals surface area contributed by atoms with E-state index in [9.17, 15) is 0 Å². The second-order valence-electron chi connectivity index (χ2n) is 6.07. The average molecular weight is 282 g/mol. The van der Waals surface area contributed by atoms with Gasteiger partial charge in [-0.15, -0.1) is 0 Å². The van der Waals surface area contributed by atoms with Crippen LogP contribution in [-0.4, -0.2) is 5.11 Å². The molecule has 0 amide bonds. The molecular formula is C19H37O. The van der Waals surface area contributed by atoms with E-state index in [0.29, 0.717) is 0 Å². The Labute approximate surface area is 127 Å². The Morgan fingerprint density at radius 2 is 0.950 bits per heavy atom. The van der Waals surface area contributed by atoms with E-state index in [1.54, 1.807) is 6.08 Å². The summed E-state index contributed by atoms with van der Waals surface area (Å²) in [6.07, 6.45) is 25.8. The van der Waals surface area contributed by atoms with Gasteiger partial charge in [0.2, 0.25) is 0 Å². The van der Waals surface area contributed by atoms with E-state index in [1.165, 1.54) is 96.3 Å². The highest BCUT2D eigenvalue weighted by Crippen LogP contribution is 2.13. The molecular weight excluding hydrogens is 244 g/mol. The minimum absolute atomic E-state index is 0.981. The average Bonchev–Trinajstić information content (AvgIpc) is 2.47. The molecule has 0 unspecified atom stereocenters. The van der Waals surface area contributed by atoms with E-state index < -0.39 is 0 Å². The molecule has 0 aromatic rings. The summed E-state index contributed by atoms with van der Waals surface area (Å²) in [6, 6.07) is 0. The van der Waals surface area contributed by atoms with Gasteiger partial charge in [-0.05, 0) is 18.9 Å². The number of aliphatic hydroxyl groups is 1. The largest absolute Gasteiger partial charge is 0.504 e. The van der Waals surface area contributed by atoms with Crippen LogP contribution in [-0.2, 0) is 0 Å². The maximum Gasteiger partial charge on any atom is 0.152 e. The van der Waals surface area contributed by atoms with Crippen LogP contribution in [0.1, 0.15) is 110 Å². The zero-order chi connectivity index (χ0) is 14.7. The van der Waals surface area contributed by atoms with Crippen molar-refractivity contribution in [2.24, 2.45) is 0 Å². The Hall–Kier alpha value is -0.460. The molecule has 0 atom stereocenters. The first-order chi connectivity index (χ1) is 9.91. The van der Waals surface area contributed by atoms with Gasteiger partial charge in [-0.25, -0.2) is 0 Å². The van der Waals surface area contributed by atoms with Gasteiger partial charge in [0.15, 0.2) is 6.26 Å². The third-order valence-corrected chi connectivity index (χ3v) is 4.04. The van der Waals surface area contributed by atoms with Crippen LogP contribution >= 0.6 is 0 Å². The molecule has 1 nitrogen and oxygen atoms in total. The van der Waals surface area contributed by atoms with Crippen LogP contribution in [0, 0.1) is 6.26 Å². The lowest BCUT2D eigenvalue weighted by molar-refractivity contribution is 0.438. The maximum absolute atomic E-state index is 8.38. The number of hydrogen-bond donors (Lipinski definition) is 1. The molecule has 0 aromatic heterocycles. The molecule has 0 spiro atoms. The summed E-state index contributed by atoms with van der Waals surface area (Å²) in [4.78, 5) is 0. The number of aliphatic hydroxyl groups excluding tert-OH is 1. The summed E-state index contributed by atoms with van der Waals surface area (Å²) in [7, 11) is 0. The van der Waals surface area contributed by atoms with Crippen molar-refractivity contribution >= 4 is 0 Å². The molecule has 1 radical (unpaired) electrons. The van der Waals surface area contributed by atoms with Crippen molar-refractivity contribution in [1.29, 1.82) is 0 Å². The van der Waals surface area contributed by atoms with Gasteiger partial charge in [0.05, 0.1) is 0 Å². The van der Waals surface area contributed by atoms with Crippen LogP contribution in [0.5, 0.6) is 0 Å². The van der Waals surface area contributed by atoms with E-state index in [-0.39, 0.29) is 0 Å². The van der Waals surface area contributed by atoms with Gasteiger partial charge in [-0.1, -0.05) is 96.8 Å². The van der Waals surface area contributed by atoms with Gasteiger partial charge in [-0.2, -0.15) is 0 Å². The Morgan fingerprint density at radius 1 is 0.600 bits per heavy atom. The molecule has 0 bridgehead atoms. The minimum Gasteiger partial charge on any atom is -0.504 e. The zero-order valence-electron chi connectivity index (χ0n) is 13.8. The molecule has 1 heteroatoms. The van der Waals surface area contributed by atoms with Crippen LogP contribution < -0.4 is 0 Å². The molecule has 0 aliphatic heterocycles. The lowest BCUT2D eigenvalue weighted by atomic mass is 10.0. The summed E-state index contributed by atoms with van der Waals surface area (Å²) in [5, 5.41) is 8.38. The SMILES string of the molecule is CCCCCCCCCCCCCCCCC/C=[C]\O. The molecule has 0 aliphatic carbocycles. The van der Waals surface area contributed by atoms with Gasteiger partial charge in [-0.3, -0.25) is 0 Å². The molecule has 0 heterocycles. The van der Waals surface area contributed by atoms with Crippen LogP contribution in [0.4, 0.5) is 0 Å². The molecule has 1 N–H and O–H groups in total. The number of allylic oxidation sites excluding steroid dienone is 1. The molecule has 0 aromatic carbocycles. The predicted molar refractivity (Wildman–Crippen MR) is 90.0 cm³/mol. The normalized spacial score (nSPS) is 11.4. The fraction of sp³-hybridized carbons (Fsp3) is 0.895. The molecule has 0 rings (SSSR count). The number of rotatable bonds is 16. The summed E-state index contributed by atoms with van der Waals surface area (Å²) in [6.45, 7) is 2.28. The van der Waals surface area contributed by atoms with Crippen LogP contribution in [0.3, 0.4) is 0 Å². The smallest absolute Gasteiger partial charge is 0.152 e. The maximum atomic E-state index is 8.38. The molecule has 0 saturated carbocycles. The van der Waals surface area contributed by atoms with Crippen LogP contribution in [0.2, 0.25) is 0 Å². The third-order valence-electron chi connectivity index (χ3n) is 4.04. The van der Waals surface area contributed by atoms with Gasteiger partial charge in [0.25, 0.3) is 0 Å². The Kier molecular flexibility index (Phi) is 18.1. The van der Waals surface area contributed by atoms with E-state index in [0.717, 1.165) is 6.42 Å². The van der Waals surface area contributed by atoms with E-state index in [1.807, 2.05) is 0 Å². The summed E-state index contributed by atoms with van der Waals surface area (Å²) in [5.74, 6) is 0. The van der Waals surface area contributed by atoms with Crippen molar-refractivity contribution in [3.05, 3.63) is 12.3 Å². The lowest BCUT2D eigenvalue weighted by Gasteiger charge is -2.03. The van der Waals surface area contributed by atoms with Gasteiger partial charge >= 0.3 is 0 Å². The second kappa shape index (κ2) is 18.5. The highest BCUT2D eigenvalue weighted by molar-refractivity contribution is 4.65. The third kappa shape index (κ3) is 17.5. The predicted octanol–water partition coefficient (Wildman–Crippen LogP) is 7.12. The number of unbranched alkanes of at least 4 members (excludes halogenated alkanes) is 15. The molecule has 0 fully saturated rings. The van der Waals surface area contributed by atoms with Crippen molar-refractivity contribution in [2.45, 2.75) is 110 Å². The van der Waals surface area contributed by atoms with E-state index in [2.05, 4.69) is 13.2 Å². The van der Waals surface area contributed by atoms with Gasteiger partial charge in [0.1, 0.15) is 0 Å². The first kappa shape index (κ1) is 19.5. The lowest BCUT2D eigenvalue weighted by Crippen LogP contribution is -1.83. The fourth-order valence-electron chi connectivity index (χ4n) is 2.68. The summed E-state index contributed by atoms with van der Waals surface area (Å²) in [5.41, 5.74) is 0. The van der Waals surface area contributed by atoms with Gasteiger partial charge < -0.3 is 5.11 Å². The highest BCUT2D eigenvalue weighted by atomic mass is 16.2. The number of hydrogen-bond acceptors (Lipinski definition) is 1. The van der Waals surface area contributed by atoms with Crippen LogP contribution in [0.15, 0.2) is 6.08 Å².